The molecular weight excluding hydrogens is 711 g/mol. The number of carbonyl (C=O) groups excluding carboxylic acids is 1. The zero-order valence-corrected chi connectivity index (χ0v) is 19.8. The van der Waals surface area contributed by atoms with Gasteiger partial charge >= 0.3 is 0 Å². The van der Waals surface area contributed by atoms with Crippen molar-refractivity contribution < 1.29 is 9.90 Å². The molecule has 0 spiro atoms. The van der Waals surface area contributed by atoms with Crippen LogP contribution in [0.4, 0.5) is 0 Å². The molecule has 0 aliphatic carbocycles. The SMILES string of the molecule is C=C(C(=O)[O-])C(Br)(Br)c1c(Br)c(Br)c(Br)c(Br)c1Br. The van der Waals surface area contributed by atoms with E-state index < -0.39 is 9.20 Å². The number of hydrogen-bond donors (Lipinski definition) is 0. The lowest BCUT2D eigenvalue weighted by Crippen LogP contribution is -2.31. The molecule has 104 valence electrons. The minimum absolute atomic E-state index is 0.157. The summed E-state index contributed by atoms with van der Waals surface area (Å²) >= 11 is 23.8. The Balaban J connectivity index is 3.69. The van der Waals surface area contributed by atoms with Crippen LogP contribution in [0.3, 0.4) is 0 Å². The quantitative estimate of drug-likeness (QED) is 0.174. The van der Waals surface area contributed by atoms with Crippen LogP contribution in [0, 0.1) is 0 Å². The molecule has 1 aromatic rings. The number of alkyl halides is 2. The van der Waals surface area contributed by atoms with Crippen LogP contribution in [0.5, 0.6) is 0 Å². The number of halogens is 7. The van der Waals surface area contributed by atoms with E-state index in [2.05, 4.69) is 118 Å². The highest BCUT2D eigenvalue weighted by molar-refractivity contribution is 9.25. The lowest BCUT2D eigenvalue weighted by molar-refractivity contribution is -0.299. The zero-order valence-electron chi connectivity index (χ0n) is 8.67. The summed E-state index contributed by atoms with van der Waals surface area (Å²) in [6.07, 6.45) is 0. The maximum absolute atomic E-state index is 11.0. The van der Waals surface area contributed by atoms with Crippen LogP contribution in [0.2, 0.25) is 0 Å². The van der Waals surface area contributed by atoms with E-state index >= 15 is 0 Å². The molecule has 9 heteroatoms. The lowest BCUT2D eigenvalue weighted by atomic mass is 10.1. The Morgan fingerprint density at radius 2 is 1.21 bits per heavy atom. The fraction of sp³-hybridized carbons (Fsp3) is 0.100. The summed E-state index contributed by atoms with van der Waals surface area (Å²) in [6.45, 7) is 3.53. The van der Waals surface area contributed by atoms with Crippen molar-refractivity contribution in [3.05, 3.63) is 40.1 Å². The predicted octanol–water partition coefficient (Wildman–Crippen LogP) is 5.75. The second kappa shape index (κ2) is 6.91. The first-order valence-corrected chi connectivity index (χ1v) is 9.89. The largest absolute Gasteiger partial charge is 0.545 e. The van der Waals surface area contributed by atoms with Crippen molar-refractivity contribution >= 4 is 117 Å². The van der Waals surface area contributed by atoms with Crippen LogP contribution in [-0.2, 0) is 8.03 Å². The maximum atomic E-state index is 11.0. The van der Waals surface area contributed by atoms with Crippen molar-refractivity contribution in [3.8, 4) is 0 Å². The topological polar surface area (TPSA) is 40.1 Å². The molecule has 0 amide bonds. The van der Waals surface area contributed by atoms with Crippen LogP contribution in [0.1, 0.15) is 5.56 Å². The number of carbonyl (C=O) groups is 1. The molecule has 0 atom stereocenters. The first-order chi connectivity index (χ1) is 8.53. The third kappa shape index (κ3) is 3.59. The highest BCUT2D eigenvalue weighted by Gasteiger charge is 2.36. The van der Waals surface area contributed by atoms with Gasteiger partial charge in [0.25, 0.3) is 0 Å². The Kier molecular flexibility index (Phi) is 6.85. The van der Waals surface area contributed by atoms with Gasteiger partial charge in [0, 0.05) is 27.9 Å². The van der Waals surface area contributed by atoms with Crippen molar-refractivity contribution in [2.75, 3.05) is 0 Å². The van der Waals surface area contributed by atoms with Gasteiger partial charge < -0.3 is 9.90 Å². The Hall–Kier alpha value is 1.79. The van der Waals surface area contributed by atoms with Crippen LogP contribution in [0.15, 0.2) is 34.5 Å². The van der Waals surface area contributed by atoms with Gasteiger partial charge in [-0.1, -0.05) is 38.4 Å². The van der Waals surface area contributed by atoms with Gasteiger partial charge in [-0.25, -0.2) is 0 Å². The van der Waals surface area contributed by atoms with E-state index in [0.717, 1.165) is 13.4 Å². The predicted molar refractivity (Wildman–Crippen MR) is 98.6 cm³/mol. The average Bonchev–Trinajstić information content (AvgIpc) is 2.32. The van der Waals surface area contributed by atoms with Gasteiger partial charge in [0.15, 0.2) is 0 Å². The minimum Gasteiger partial charge on any atom is -0.545 e. The fourth-order valence-corrected chi connectivity index (χ4v) is 6.98. The molecule has 0 aromatic heterocycles. The van der Waals surface area contributed by atoms with Gasteiger partial charge in [0.05, 0.1) is 5.97 Å². The number of aliphatic carboxylic acids is 1. The van der Waals surface area contributed by atoms with Gasteiger partial charge in [0.1, 0.15) is 3.23 Å². The van der Waals surface area contributed by atoms with E-state index in [9.17, 15) is 9.90 Å². The molecule has 0 N–H and O–H groups in total. The van der Waals surface area contributed by atoms with Crippen molar-refractivity contribution in [1.82, 2.24) is 0 Å². The first-order valence-electron chi connectivity index (χ1n) is 4.33. The van der Waals surface area contributed by atoms with Gasteiger partial charge in [-0.2, -0.15) is 0 Å². The van der Waals surface area contributed by atoms with Gasteiger partial charge in [-0.05, 0) is 85.2 Å². The lowest BCUT2D eigenvalue weighted by Gasteiger charge is -2.28. The summed E-state index contributed by atoms with van der Waals surface area (Å²) in [6, 6.07) is 0. The third-order valence-electron chi connectivity index (χ3n) is 2.15. The summed E-state index contributed by atoms with van der Waals surface area (Å²) < 4.78 is 2.38. The first kappa shape index (κ1) is 18.8. The summed E-state index contributed by atoms with van der Waals surface area (Å²) in [5, 5.41) is 11.0. The van der Waals surface area contributed by atoms with E-state index in [1.807, 2.05) is 0 Å². The van der Waals surface area contributed by atoms with Crippen molar-refractivity contribution in [2.24, 2.45) is 0 Å². The molecule has 2 nitrogen and oxygen atoms in total. The van der Waals surface area contributed by atoms with E-state index in [1.165, 1.54) is 0 Å². The fourth-order valence-electron chi connectivity index (χ4n) is 1.16. The van der Waals surface area contributed by atoms with Crippen LogP contribution in [0.25, 0.3) is 0 Å². The highest BCUT2D eigenvalue weighted by Crippen LogP contribution is 2.55. The van der Waals surface area contributed by atoms with E-state index in [1.54, 1.807) is 0 Å². The van der Waals surface area contributed by atoms with Crippen LogP contribution >= 0.6 is 112 Å². The number of carboxylic acids is 1. The second-order valence-electron chi connectivity index (χ2n) is 3.29. The molecule has 1 aromatic carbocycles. The van der Waals surface area contributed by atoms with E-state index in [4.69, 9.17) is 0 Å². The maximum Gasteiger partial charge on any atom is 0.134 e. The van der Waals surface area contributed by atoms with Gasteiger partial charge in [0.2, 0.25) is 0 Å². The van der Waals surface area contributed by atoms with Gasteiger partial charge in [-0.15, -0.1) is 0 Å². The summed E-state index contributed by atoms with van der Waals surface area (Å²) in [7, 11) is 0. The highest BCUT2D eigenvalue weighted by atomic mass is 79.9. The number of carboxylic acid groups (broad SMARTS) is 1. The Morgan fingerprint density at radius 3 is 1.53 bits per heavy atom. The van der Waals surface area contributed by atoms with E-state index in [-0.39, 0.29) is 5.57 Å². The van der Waals surface area contributed by atoms with Crippen molar-refractivity contribution in [2.45, 2.75) is 3.23 Å². The standard InChI is InChI=1S/C10H3Br7O2/c1-2(9(18)19)10(16,17)3-4(11)6(13)8(15)7(14)5(3)12/h1H2,(H,18,19)/p-1. The Labute approximate surface area is 168 Å². The third-order valence-corrected chi connectivity index (χ3v) is 9.99. The summed E-state index contributed by atoms with van der Waals surface area (Å²) in [5.74, 6) is -1.36. The average molecular weight is 713 g/mol. The van der Waals surface area contributed by atoms with E-state index in [0.29, 0.717) is 14.5 Å². The molecule has 0 saturated carbocycles. The Morgan fingerprint density at radius 1 is 0.895 bits per heavy atom. The molecule has 0 bridgehead atoms. The van der Waals surface area contributed by atoms with Crippen molar-refractivity contribution in [3.63, 3.8) is 0 Å². The van der Waals surface area contributed by atoms with Crippen LogP contribution < -0.4 is 5.11 Å². The molecule has 0 aliphatic rings. The van der Waals surface area contributed by atoms with Crippen molar-refractivity contribution in [1.29, 1.82) is 0 Å². The molecule has 0 radical (unpaired) electrons. The normalized spacial score (nSPS) is 11.5. The molecule has 0 aliphatic heterocycles. The number of rotatable bonds is 3. The molecule has 1 rings (SSSR count). The summed E-state index contributed by atoms with van der Waals surface area (Å²) in [5.41, 5.74) is 0.443. The second-order valence-corrected chi connectivity index (χ2v) is 10.7. The Bertz CT molecular complexity index is 551. The molecule has 0 unspecified atom stereocenters. The minimum atomic E-state index is -1.36. The monoisotopic (exact) mass is 706 g/mol. The van der Waals surface area contributed by atoms with Crippen LogP contribution in [-0.4, -0.2) is 5.97 Å². The molecular formula is C10H2Br7O2-. The summed E-state index contributed by atoms with van der Waals surface area (Å²) in [4.78, 5) is 11.0. The molecule has 0 heterocycles. The number of hydrogen-bond acceptors (Lipinski definition) is 2. The molecule has 19 heavy (non-hydrogen) atoms. The molecule has 0 saturated heterocycles. The number of benzene rings is 1. The van der Waals surface area contributed by atoms with Gasteiger partial charge in [-0.3, -0.25) is 0 Å². The smallest absolute Gasteiger partial charge is 0.134 e. The molecule has 0 fully saturated rings. The zero-order chi connectivity index (χ0) is 15.1.